The Morgan fingerprint density at radius 2 is 1.74 bits per heavy atom. The molecule has 0 spiro atoms. The maximum atomic E-state index is 11.6. The molecule has 0 saturated heterocycles. The Morgan fingerprint density at radius 3 is 2.26 bits per heavy atom. The quantitative estimate of drug-likeness (QED) is 0.819. The summed E-state index contributed by atoms with van der Waals surface area (Å²) in [6, 6.07) is 8.41. The van der Waals surface area contributed by atoms with Crippen molar-refractivity contribution in [3.63, 3.8) is 0 Å². The minimum Gasteiger partial charge on any atom is -0.352 e. The van der Waals surface area contributed by atoms with Gasteiger partial charge < -0.3 is 10.2 Å². The van der Waals surface area contributed by atoms with Crippen LogP contribution in [0.3, 0.4) is 0 Å². The Balaban J connectivity index is 2.35. The van der Waals surface area contributed by atoms with Crippen LogP contribution in [0.2, 0.25) is 0 Å². The van der Waals surface area contributed by atoms with E-state index in [0.717, 1.165) is 18.5 Å². The minimum absolute atomic E-state index is 0.145. The van der Waals surface area contributed by atoms with E-state index < -0.39 is 0 Å². The molecule has 0 aliphatic carbocycles. The van der Waals surface area contributed by atoms with Crippen molar-refractivity contribution in [1.82, 2.24) is 10.2 Å². The van der Waals surface area contributed by atoms with Crippen LogP contribution in [0.25, 0.3) is 0 Å². The highest BCUT2D eigenvalue weighted by Gasteiger charge is 2.03. The van der Waals surface area contributed by atoms with E-state index in [1.807, 2.05) is 0 Å². The van der Waals surface area contributed by atoms with Gasteiger partial charge in [0.15, 0.2) is 0 Å². The third kappa shape index (κ3) is 6.97. The summed E-state index contributed by atoms with van der Waals surface area (Å²) in [6.45, 7) is 5.84. The molecule has 19 heavy (non-hydrogen) atoms. The summed E-state index contributed by atoms with van der Waals surface area (Å²) in [5.41, 5.74) is 2.44. The van der Waals surface area contributed by atoms with Gasteiger partial charge >= 0.3 is 0 Å². The molecule has 3 heteroatoms. The largest absolute Gasteiger partial charge is 0.352 e. The summed E-state index contributed by atoms with van der Waals surface area (Å²) in [7, 11) is 4.12. The summed E-state index contributed by atoms with van der Waals surface area (Å²) in [6.07, 6.45) is 1.57. The van der Waals surface area contributed by atoms with Gasteiger partial charge in [0.1, 0.15) is 0 Å². The predicted molar refractivity (Wildman–Crippen MR) is 79.8 cm³/mol. The molecule has 0 saturated carbocycles. The van der Waals surface area contributed by atoms with Crippen molar-refractivity contribution in [1.29, 1.82) is 0 Å². The summed E-state index contributed by atoms with van der Waals surface area (Å²) in [5.74, 6) is 0.724. The minimum atomic E-state index is 0.145. The van der Waals surface area contributed by atoms with Gasteiger partial charge in [-0.25, -0.2) is 0 Å². The van der Waals surface area contributed by atoms with Crippen molar-refractivity contribution in [3.05, 3.63) is 35.4 Å². The van der Waals surface area contributed by atoms with Crippen LogP contribution in [0.4, 0.5) is 0 Å². The molecular formula is C16H26N2O. The second kappa shape index (κ2) is 7.95. The Kier molecular flexibility index (Phi) is 6.57. The molecular weight excluding hydrogens is 236 g/mol. The lowest BCUT2D eigenvalue weighted by atomic mass is 10.1. The van der Waals surface area contributed by atoms with Crippen molar-refractivity contribution < 1.29 is 4.79 Å². The van der Waals surface area contributed by atoms with Crippen molar-refractivity contribution in [3.8, 4) is 0 Å². The zero-order valence-corrected chi connectivity index (χ0v) is 12.6. The van der Waals surface area contributed by atoms with Crippen LogP contribution >= 0.6 is 0 Å². The molecule has 0 unspecified atom stereocenters. The van der Waals surface area contributed by atoms with Gasteiger partial charge in [0.05, 0.1) is 0 Å². The van der Waals surface area contributed by atoms with Crippen molar-refractivity contribution >= 4 is 5.91 Å². The molecule has 0 aliphatic rings. The Labute approximate surface area is 117 Å². The average Bonchev–Trinajstić information content (AvgIpc) is 2.35. The molecule has 0 bridgehead atoms. The number of carbonyl (C=O) groups excluding carboxylic acids is 1. The van der Waals surface area contributed by atoms with E-state index >= 15 is 0 Å². The molecule has 0 aromatic heterocycles. The highest BCUT2D eigenvalue weighted by atomic mass is 16.1. The zero-order valence-electron chi connectivity index (χ0n) is 12.6. The highest BCUT2D eigenvalue weighted by Crippen LogP contribution is 2.07. The molecule has 1 N–H and O–H groups in total. The third-order valence-electron chi connectivity index (χ3n) is 2.96. The monoisotopic (exact) mass is 262 g/mol. The van der Waals surface area contributed by atoms with E-state index in [4.69, 9.17) is 0 Å². The lowest BCUT2D eigenvalue weighted by Gasteiger charge is -2.10. The first kappa shape index (κ1) is 15.7. The SMILES string of the molecule is CC(C)CCC(=O)NCc1ccc(CN(C)C)cc1. The predicted octanol–water partition coefficient (Wildman–Crippen LogP) is 2.80. The first-order valence-corrected chi connectivity index (χ1v) is 6.96. The number of amides is 1. The number of nitrogens with one attached hydrogen (secondary N) is 1. The number of rotatable bonds is 7. The van der Waals surface area contributed by atoms with Crippen LogP contribution < -0.4 is 5.32 Å². The Hall–Kier alpha value is -1.35. The van der Waals surface area contributed by atoms with E-state index in [-0.39, 0.29) is 5.91 Å². The highest BCUT2D eigenvalue weighted by molar-refractivity contribution is 5.75. The number of carbonyl (C=O) groups is 1. The average molecular weight is 262 g/mol. The molecule has 0 heterocycles. The molecule has 0 aliphatic heterocycles. The van der Waals surface area contributed by atoms with E-state index in [1.54, 1.807) is 0 Å². The maximum Gasteiger partial charge on any atom is 0.220 e. The zero-order chi connectivity index (χ0) is 14.3. The first-order valence-electron chi connectivity index (χ1n) is 6.96. The molecule has 1 rings (SSSR count). The maximum absolute atomic E-state index is 11.6. The number of benzene rings is 1. The van der Waals surface area contributed by atoms with Crippen LogP contribution in [-0.4, -0.2) is 24.9 Å². The molecule has 3 nitrogen and oxygen atoms in total. The van der Waals surface area contributed by atoms with E-state index in [1.165, 1.54) is 5.56 Å². The molecule has 1 amide bonds. The second-order valence-corrected chi connectivity index (χ2v) is 5.76. The van der Waals surface area contributed by atoms with Gasteiger partial charge in [0.2, 0.25) is 5.91 Å². The van der Waals surface area contributed by atoms with Gasteiger partial charge in [0, 0.05) is 19.5 Å². The van der Waals surface area contributed by atoms with Gasteiger partial charge in [-0.1, -0.05) is 38.1 Å². The van der Waals surface area contributed by atoms with Crippen LogP contribution in [-0.2, 0) is 17.9 Å². The number of hydrogen-bond acceptors (Lipinski definition) is 2. The fraction of sp³-hybridized carbons (Fsp3) is 0.562. The first-order chi connectivity index (χ1) is 8.97. The van der Waals surface area contributed by atoms with Gasteiger partial charge in [-0.05, 0) is 37.6 Å². The molecule has 0 atom stereocenters. The molecule has 1 aromatic rings. The van der Waals surface area contributed by atoms with Crippen molar-refractivity contribution in [2.75, 3.05) is 14.1 Å². The summed E-state index contributed by atoms with van der Waals surface area (Å²) in [5, 5.41) is 2.97. The Morgan fingerprint density at radius 1 is 1.16 bits per heavy atom. The fourth-order valence-electron chi connectivity index (χ4n) is 1.84. The summed E-state index contributed by atoms with van der Waals surface area (Å²) in [4.78, 5) is 13.8. The summed E-state index contributed by atoms with van der Waals surface area (Å²) >= 11 is 0. The topological polar surface area (TPSA) is 32.3 Å². The number of nitrogens with zero attached hydrogens (tertiary/aromatic N) is 1. The van der Waals surface area contributed by atoms with Gasteiger partial charge in [-0.15, -0.1) is 0 Å². The fourth-order valence-corrected chi connectivity index (χ4v) is 1.84. The van der Waals surface area contributed by atoms with Gasteiger partial charge in [-0.2, -0.15) is 0 Å². The van der Waals surface area contributed by atoms with Crippen LogP contribution in [0.5, 0.6) is 0 Å². The summed E-state index contributed by atoms with van der Waals surface area (Å²) < 4.78 is 0. The standard InChI is InChI=1S/C16H26N2O/c1-13(2)5-10-16(19)17-11-14-6-8-15(9-7-14)12-18(3)4/h6-9,13H,5,10-12H2,1-4H3,(H,17,19). The van der Waals surface area contributed by atoms with Gasteiger partial charge in [0.25, 0.3) is 0 Å². The Bertz CT molecular complexity index is 382. The van der Waals surface area contributed by atoms with Crippen LogP contribution in [0.15, 0.2) is 24.3 Å². The lowest BCUT2D eigenvalue weighted by Crippen LogP contribution is -2.22. The second-order valence-electron chi connectivity index (χ2n) is 5.76. The lowest BCUT2D eigenvalue weighted by molar-refractivity contribution is -0.121. The molecule has 1 aromatic carbocycles. The van der Waals surface area contributed by atoms with Crippen LogP contribution in [0, 0.1) is 5.92 Å². The number of hydrogen-bond donors (Lipinski definition) is 1. The van der Waals surface area contributed by atoms with E-state index in [2.05, 4.69) is 62.4 Å². The molecule has 106 valence electrons. The smallest absolute Gasteiger partial charge is 0.220 e. The molecule has 0 radical (unpaired) electrons. The third-order valence-corrected chi connectivity index (χ3v) is 2.96. The normalized spacial score (nSPS) is 11.1. The van der Waals surface area contributed by atoms with E-state index in [9.17, 15) is 4.79 Å². The van der Waals surface area contributed by atoms with Gasteiger partial charge in [-0.3, -0.25) is 4.79 Å². The van der Waals surface area contributed by atoms with Crippen molar-refractivity contribution in [2.45, 2.75) is 39.8 Å². The van der Waals surface area contributed by atoms with Crippen molar-refractivity contribution in [2.24, 2.45) is 5.92 Å². The molecule has 0 fully saturated rings. The van der Waals surface area contributed by atoms with E-state index in [0.29, 0.717) is 18.9 Å². The van der Waals surface area contributed by atoms with Crippen LogP contribution in [0.1, 0.15) is 37.8 Å².